The number of amides is 1. The van der Waals surface area contributed by atoms with E-state index in [4.69, 9.17) is 5.26 Å². The van der Waals surface area contributed by atoms with E-state index < -0.39 is 29.5 Å². The van der Waals surface area contributed by atoms with Gasteiger partial charge in [0.05, 0.1) is 5.69 Å². The highest BCUT2D eigenvalue weighted by Crippen LogP contribution is 2.11. The Morgan fingerprint density at radius 3 is 2.65 bits per heavy atom. The van der Waals surface area contributed by atoms with Crippen molar-refractivity contribution in [1.82, 2.24) is 9.13 Å². The van der Waals surface area contributed by atoms with Crippen LogP contribution in [0.15, 0.2) is 40.1 Å². The molecule has 2 rings (SSSR count). The largest absolute Gasteiger partial charge is 0.331 e. The van der Waals surface area contributed by atoms with E-state index in [-0.39, 0.29) is 17.8 Å². The molecule has 1 aromatic heterocycles. The minimum absolute atomic E-state index is 0.0576. The zero-order valence-electron chi connectivity index (χ0n) is 12.2. The number of hydrogen-bond donors (Lipinski definition) is 1. The lowest BCUT2D eigenvalue weighted by Gasteiger charge is -2.10. The van der Waals surface area contributed by atoms with E-state index in [1.54, 1.807) is 13.0 Å². The van der Waals surface area contributed by atoms with Gasteiger partial charge in [-0.3, -0.25) is 14.2 Å². The maximum absolute atomic E-state index is 13.5. The molecule has 0 unspecified atom stereocenters. The Morgan fingerprint density at radius 1 is 1.35 bits per heavy atom. The van der Waals surface area contributed by atoms with Crippen molar-refractivity contribution in [2.75, 3.05) is 5.32 Å². The summed E-state index contributed by atoms with van der Waals surface area (Å²) in [7, 11) is 0. The van der Waals surface area contributed by atoms with Gasteiger partial charge in [0.15, 0.2) is 0 Å². The van der Waals surface area contributed by atoms with Gasteiger partial charge in [0.25, 0.3) is 5.56 Å². The van der Waals surface area contributed by atoms with Crippen LogP contribution in [0.25, 0.3) is 0 Å². The molecule has 7 nitrogen and oxygen atoms in total. The van der Waals surface area contributed by atoms with E-state index in [1.165, 1.54) is 24.3 Å². The summed E-state index contributed by atoms with van der Waals surface area (Å²) in [5, 5.41) is 11.2. The molecule has 1 heterocycles. The second kappa shape index (κ2) is 6.70. The van der Waals surface area contributed by atoms with Gasteiger partial charge in [0.1, 0.15) is 24.0 Å². The summed E-state index contributed by atoms with van der Waals surface area (Å²) in [6.45, 7) is 1.29. The first-order chi connectivity index (χ1) is 11.0. The van der Waals surface area contributed by atoms with Crippen LogP contribution in [0.1, 0.15) is 12.5 Å². The minimum Gasteiger partial charge on any atom is -0.322 e. The van der Waals surface area contributed by atoms with Gasteiger partial charge >= 0.3 is 5.69 Å². The molecule has 0 aliphatic rings. The van der Waals surface area contributed by atoms with Gasteiger partial charge in [-0.05, 0) is 19.1 Å². The second-order valence-electron chi connectivity index (χ2n) is 4.64. The van der Waals surface area contributed by atoms with E-state index in [9.17, 15) is 18.8 Å². The molecule has 1 amide bonds. The van der Waals surface area contributed by atoms with Gasteiger partial charge in [-0.15, -0.1) is 0 Å². The quantitative estimate of drug-likeness (QED) is 0.897. The SMILES string of the molecule is CCn1cc(C#N)c(=O)n(CC(=O)Nc2ccccc2F)c1=O. The van der Waals surface area contributed by atoms with Crippen LogP contribution < -0.4 is 16.6 Å². The van der Waals surface area contributed by atoms with Gasteiger partial charge in [0, 0.05) is 12.7 Å². The summed E-state index contributed by atoms with van der Waals surface area (Å²) in [5.74, 6) is -1.38. The lowest BCUT2D eigenvalue weighted by Crippen LogP contribution is -2.43. The van der Waals surface area contributed by atoms with Crippen molar-refractivity contribution in [1.29, 1.82) is 5.26 Å². The molecule has 0 aliphatic heterocycles. The van der Waals surface area contributed by atoms with Gasteiger partial charge in [0.2, 0.25) is 5.91 Å². The van der Waals surface area contributed by atoms with Crippen molar-refractivity contribution in [3.8, 4) is 6.07 Å². The lowest BCUT2D eigenvalue weighted by atomic mass is 10.3. The molecule has 2 aromatic rings. The summed E-state index contributed by atoms with van der Waals surface area (Å²) in [6.07, 6.45) is 1.15. The van der Waals surface area contributed by atoms with Crippen LogP contribution in [0.4, 0.5) is 10.1 Å². The predicted octanol–water partition coefficient (Wildman–Crippen LogP) is 0.679. The molecule has 1 aromatic carbocycles. The number of hydrogen-bond acceptors (Lipinski definition) is 4. The van der Waals surface area contributed by atoms with Crippen molar-refractivity contribution in [3.63, 3.8) is 0 Å². The number of nitrogens with zero attached hydrogens (tertiary/aromatic N) is 3. The predicted molar refractivity (Wildman–Crippen MR) is 80.4 cm³/mol. The van der Waals surface area contributed by atoms with E-state index in [1.807, 2.05) is 0 Å². The number of aromatic nitrogens is 2. The second-order valence-corrected chi connectivity index (χ2v) is 4.64. The molecule has 1 N–H and O–H groups in total. The highest BCUT2D eigenvalue weighted by molar-refractivity contribution is 5.90. The van der Waals surface area contributed by atoms with Gasteiger partial charge in [-0.1, -0.05) is 12.1 Å². The fourth-order valence-electron chi connectivity index (χ4n) is 1.99. The first-order valence-corrected chi connectivity index (χ1v) is 6.76. The highest BCUT2D eigenvalue weighted by Gasteiger charge is 2.14. The topological polar surface area (TPSA) is 96.9 Å². The Hall–Kier alpha value is -3.21. The number of anilines is 1. The maximum atomic E-state index is 13.5. The summed E-state index contributed by atoms with van der Waals surface area (Å²) in [5.41, 5.74) is -1.87. The summed E-state index contributed by atoms with van der Waals surface area (Å²) in [6, 6.07) is 7.20. The normalized spacial score (nSPS) is 10.1. The van der Waals surface area contributed by atoms with Crippen LogP contribution in [0, 0.1) is 17.1 Å². The van der Waals surface area contributed by atoms with Crippen molar-refractivity contribution in [2.24, 2.45) is 0 Å². The Labute approximate surface area is 130 Å². The van der Waals surface area contributed by atoms with Crippen LogP contribution in [0.3, 0.4) is 0 Å². The third kappa shape index (κ3) is 3.35. The highest BCUT2D eigenvalue weighted by atomic mass is 19.1. The van der Waals surface area contributed by atoms with Crippen LogP contribution in [-0.2, 0) is 17.9 Å². The molecule has 0 aliphatic carbocycles. The molecule has 0 bridgehead atoms. The van der Waals surface area contributed by atoms with Crippen molar-refractivity contribution < 1.29 is 9.18 Å². The Bertz CT molecular complexity index is 908. The minimum atomic E-state index is -0.856. The van der Waals surface area contributed by atoms with Crippen LogP contribution >= 0.6 is 0 Å². The zero-order valence-corrected chi connectivity index (χ0v) is 12.2. The van der Waals surface area contributed by atoms with Gasteiger partial charge in [-0.25, -0.2) is 13.8 Å². The Morgan fingerprint density at radius 2 is 2.04 bits per heavy atom. The zero-order chi connectivity index (χ0) is 17.0. The summed E-state index contributed by atoms with van der Waals surface area (Å²) < 4.78 is 15.3. The third-order valence-electron chi connectivity index (χ3n) is 3.15. The van der Waals surface area contributed by atoms with Crippen molar-refractivity contribution in [2.45, 2.75) is 20.0 Å². The van der Waals surface area contributed by atoms with Crippen molar-refractivity contribution >= 4 is 11.6 Å². The Kier molecular flexibility index (Phi) is 4.71. The van der Waals surface area contributed by atoms with Crippen molar-refractivity contribution in [3.05, 3.63) is 62.7 Å². The molecule has 0 atom stereocenters. The molecular weight excluding hydrogens is 303 g/mol. The van der Waals surface area contributed by atoms with E-state index in [0.717, 1.165) is 10.8 Å². The average molecular weight is 316 g/mol. The molecule has 0 radical (unpaired) electrons. The monoisotopic (exact) mass is 316 g/mol. The van der Waals surface area contributed by atoms with Gasteiger partial charge < -0.3 is 5.32 Å². The standard InChI is InChI=1S/C15H13FN4O3/c1-2-19-8-10(7-17)14(22)20(15(19)23)9-13(21)18-12-6-4-3-5-11(12)16/h3-6,8H,2,9H2,1H3,(H,18,21). The maximum Gasteiger partial charge on any atom is 0.331 e. The number of carbonyl (C=O) groups excluding carboxylic acids is 1. The molecule has 8 heteroatoms. The third-order valence-corrected chi connectivity index (χ3v) is 3.15. The number of aryl methyl sites for hydroxylation is 1. The summed E-state index contributed by atoms with van der Waals surface area (Å²) in [4.78, 5) is 36.1. The van der Waals surface area contributed by atoms with E-state index >= 15 is 0 Å². The number of benzene rings is 1. The fourth-order valence-corrected chi connectivity index (χ4v) is 1.99. The lowest BCUT2D eigenvalue weighted by molar-refractivity contribution is -0.116. The number of carbonyl (C=O) groups is 1. The first-order valence-electron chi connectivity index (χ1n) is 6.76. The van der Waals surface area contributed by atoms with Crippen LogP contribution in [0.2, 0.25) is 0 Å². The van der Waals surface area contributed by atoms with E-state index in [2.05, 4.69) is 5.32 Å². The summed E-state index contributed by atoms with van der Waals surface area (Å²) >= 11 is 0. The van der Waals surface area contributed by atoms with Crippen LogP contribution in [-0.4, -0.2) is 15.0 Å². The van der Waals surface area contributed by atoms with E-state index in [0.29, 0.717) is 4.57 Å². The molecule has 0 saturated carbocycles. The molecule has 0 spiro atoms. The number of para-hydroxylation sites is 1. The molecule has 0 saturated heterocycles. The molecule has 118 valence electrons. The first kappa shape index (κ1) is 16.2. The van der Waals surface area contributed by atoms with Gasteiger partial charge in [-0.2, -0.15) is 5.26 Å². The number of halogens is 1. The Balaban J connectivity index is 2.35. The van der Waals surface area contributed by atoms with Crippen LogP contribution in [0.5, 0.6) is 0 Å². The number of nitriles is 1. The smallest absolute Gasteiger partial charge is 0.322 e. The molecule has 0 fully saturated rings. The number of nitrogens with one attached hydrogen (secondary N) is 1. The molecular formula is C15H13FN4O3. The average Bonchev–Trinajstić information content (AvgIpc) is 2.54. The fraction of sp³-hybridized carbons (Fsp3) is 0.200. The molecule has 23 heavy (non-hydrogen) atoms. The number of rotatable bonds is 4.